The summed E-state index contributed by atoms with van der Waals surface area (Å²) in [6.07, 6.45) is 3.77. The van der Waals surface area contributed by atoms with Crippen molar-refractivity contribution in [2.45, 2.75) is 32.2 Å². The molecule has 0 bridgehead atoms. The lowest BCUT2D eigenvalue weighted by atomic mass is 10.0. The summed E-state index contributed by atoms with van der Waals surface area (Å²) in [5, 5.41) is 12.3. The molecule has 4 nitrogen and oxygen atoms in total. The molecule has 122 valence electrons. The maximum Gasteiger partial charge on any atom is 0.335 e. The quantitative estimate of drug-likeness (QED) is 0.555. The first-order valence-corrected chi connectivity index (χ1v) is 10.1. The van der Waals surface area contributed by atoms with Gasteiger partial charge in [0.25, 0.3) is 0 Å². The fraction of sp³-hybridized carbons (Fsp3) is 0.412. The molecular weight excluding hydrogens is 423 g/mol. The summed E-state index contributed by atoms with van der Waals surface area (Å²) < 4.78 is 1.12. The highest BCUT2D eigenvalue weighted by molar-refractivity contribution is 14.1. The van der Waals surface area contributed by atoms with Crippen molar-refractivity contribution in [3.8, 4) is 11.3 Å². The van der Waals surface area contributed by atoms with Crippen LogP contribution in [0, 0.1) is 6.92 Å². The number of carbonyl (C=O) groups is 1. The molecule has 0 amide bonds. The lowest BCUT2D eigenvalue weighted by Crippen LogP contribution is -2.40. The molecule has 2 aromatic rings. The number of alkyl halides is 1. The Morgan fingerprint density at radius 2 is 2.30 bits per heavy atom. The highest BCUT2D eigenvalue weighted by atomic mass is 127. The van der Waals surface area contributed by atoms with E-state index in [-0.39, 0.29) is 0 Å². The summed E-state index contributed by atoms with van der Waals surface area (Å²) in [4.78, 5) is 18.4. The van der Waals surface area contributed by atoms with Crippen LogP contribution in [0.1, 0.15) is 35.2 Å². The first-order chi connectivity index (χ1) is 11.1. The summed E-state index contributed by atoms with van der Waals surface area (Å²) in [6, 6.07) is 6.01. The standard InChI is InChI=1S/C17H19IN2O2S/c1-11-8-12(5-6-14(11)16(21)22)15-10-23-17(19-15)20-7-3-2-4-13(20)9-18/h5-6,8,10,13H,2-4,7,9H2,1H3,(H,21,22)/t13-/m0/s1. The van der Waals surface area contributed by atoms with Crippen LogP contribution in [0.25, 0.3) is 11.3 Å². The minimum Gasteiger partial charge on any atom is -0.478 e. The third-order valence-corrected chi connectivity index (χ3v) is 6.19. The number of nitrogens with zero attached hydrogens (tertiary/aromatic N) is 2. The van der Waals surface area contributed by atoms with Gasteiger partial charge in [0.15, 0.2) is 5.13 Å². The maximum atomic E-state index is 11.1. The highest BCUT2D eigenvalue weighted by Gasteiger charge is 2.24. The zero-order chi connectivity index (χ0) is 16.4. The van der Waals surface area contributed by atoms with Crippen LogP contribution in [0.15, 0.2) is 23.6 Å². The van der Waals surface area contributed by atoms with Gasteiger partial charge >= 0.3 is 5.97 Å². The number of aryl methyl sites for hydroxylation is 1. The van der Waals surface area contributed by atoms with Crippen molar-refractivity contribution in [2.24, 2.45) is 0 Å². The molecule has 1 N–H and O–H groups in total. The number of hydrogen-bond donors (Lipinski definition) is 1. The third-order valence-electron chi connectivity index (χ3n) is 4.30. The van der Waals surface area contributed by atoms with E-state index >= 15 is 0 Å². The molecular formula is C17H19IN2O2S. The molecule has 0 saturated carbocycles. The van der Waals surface area contributed by atoms with Gasteiger partial charge in [-0.25, -0.2) is 9.78 Å². The Morgan fingerprint density at radius 1 is 1.48 bits per heavy atom. The number of aromatic nitrogens is 1. The molecule has 0 unspecified atom stereocenters. The van der Waals surface area contributed by atoms with Crippen molar-refractivity contribution in [3.05, 3.63) is 34.7 Å². The molecule has 1 fully saturated rings. The Balaban J connectivity index is 1.87. The predicted molar refractivity (Wildman–Crippen MR) is 103 cm³/mol. The first-order valence-electron chi connectivity index (χ1n) is 7.72. The van der Waals surface area contributed by atoms with E-state index in [1.54, 1.807) is 17.4 Å². The molecule has 0 spiro atoms. The predicted octanol–water partition coefficient (Wildman–Crippen LogP) is 4.61. The molecule has 1 aliphatic heterocycles. The molecule has 3 rings (SSSR count). The number of thiazole rings is 1. The Hall–Kier alpha value is -1.15. The SMILES string of the molecule is Cc1cc(-c2csc(N3CCCC[C@H]3CI)n2)ccc1C(=O)O. The van der Waals surface area contributed by atoms with Crippen molar-refractivity contribution in [2.75, 3.05) is 15.9 Å². The van der Waals surface area contributed by atoms with Crippen molar-refractivity contribution in [1.82, 2.24) is 4.98 Å². The largest absolute Gasteiger partial charge is 0.478 e. The first kappa shape index (κ1) is 16.7. The monoisotopic (exact) mass is 442 g/mol. The van der Waals surface area contributed by atoms with Gasteiger partial charge in [-0.05, 0) is 43.9 Å². The van der Waals surface area contributed by atoms with E-state index in [2.05, 4.69) is 32.9 Å². The molecule has 0 aliphatic carbocycles. The second-order valence-corrected chi connectivity index (χ2v) is 7.56. The van der Waals surface area contributed by atoms with Gasteiger partial charge in [-0.3, -0.25) is 0 Å². The van der Waals surface area contributed by atoms with Crippen LogP contribution in [0.2, 0.25) is 0 Å². The number of rotatable bonds is 4. The topological polar surface area (TPSA) is 53.4 Å². The molecule has 1 aliphatic rings. The molecule has 1 atom stereocenters. The molecule has 1 aromatic carbocycles. The summed E-state index contributed by atoms with van der Waals surface area (Å²) in [6.45, 7) is 2.91. The van der Waals surface area contributed by atoms with Gasteiger partial charge in [-0.15, -0.1) is 11.3 Å². The van der Waals surface area contributed by atoms with Crippen molar-refractivity contribution in [3.63, 3.8) is 0 Å². The van der Waals surface area contributed by atoms with Gasteiger partial charge in [-0.1, -0.05) is 28.7 Å². The fourth-order valence-corrected chi connectivity index (χ4v) is 4.85. The van der Waals surface area contributed by atoms with Crippen LogP contribution in [0.4, 0.5) is 5.13 Å². The van der Waals surface area contributed by atoms with E-state index in [1.165, 1.54) is 19.3 Å². The normalized spacial score (nSPS) is 18.2. The van der Waals surface area contributed by atoms with E-state index in [0.29, 0.717) is 11.6 Å². The van der Waals surface area contributed by atoms with Gasteiger partial charge in [0.1, 0.15) is 0 Å². The Morgan fingerprint density at radius 3 is 3.00 bits per heavy atom. The summed E-state index contributed by atoms with van der Waals surface area (Å²) in [5.74, 6) is -0.883. The fourth-order valence-electron chi connectivity index (χ4n) is 3.00. The van der Waals surface area contributed by atoms with Gasteiger partial charge in [-0.2, -0.15) is 0 Å². The van der Waals surface area contributed by atoms with E-state index in [9.17, 15) is 4.79 Å². The molecule has 1 saturated heterocycles. The van der Waals surface area contributed by atoms with Crippen LogP contribution in [-0.2, 0) is 0 Å². The second-order valence-electron chi connectivity index (χ2n) is 5.85. The Kier molecular flexibility index (Phi) is 5.21. The van der Waals surface area contributed by atoms with E-state index in [4.69, 9.17) is 10.1 Å². The average molecular weight is 442 g/mol. The third kappa shape index (κ3) is 3.52. The number of halogens is 1. The highest BCUT2D eigenvalue weighted by Crippen LogP contribution is 2.32. The number of aromatic carboxylic acids is 1. The van der Waals surface area contributed by atoms with Crippen LogP contribution in [0.5, 0.6) is 0 Å². The Labute approximate surface area is 153 Å². The van der Waals surface area contributed by atoms with Gasteiger partial charge in [0.2, 0.25) is 0 Å². The van der Waals surface area contributed by atoms with Crippen LogP contribution < -0.4 is 4.90 Å². The molecule has 2 heterocycles. The van der Waals surface area contributed by atoms with Crippen molar-refractivity contribution < 1.29 is 9.90 Å². The number of piperidine rings is 1. The smallest absolute Gasteiger partial charge is 0.335 e. The summed E-state index contributed by atoms with van der Waals surface area (Å²) in [5.41, 5.74) is 3.04. The maximum absolute atomic E-state index is 11.1. The zero-order valence-corrected chi connectivity index (χ0v) is 15.9. The summed E-state index contributed by atoms with van der Waals surface area (Å²) >= 11 is 4.14. The van der Waals surface area contributed by atoms with E-state index in [1.807, 2.05) is 19.1 Å². The van der Waals surface area contributed by atoms with Crippen LogP contribution in [0.3, 0.4) is 0 Å². The van der Waals surface area contributed by atoms with Gasteiger partial charge < -0.3 is 10.0 Å². The Bertz CT molecular complexity index is 716. The number of anilines is 1. The number of benzene rings is 1. The number of carboxylic acid groups (broad SMARTS) is 1. The number of carboxylic acids is 1. The van der Waals surface area contributed by atoms with Crippen LogP contribution in [-0.4, -0.2) is 33.1 Å². The van der Waals surface area contributed by atoms with Gasteiger partial charge in [0.05, 0.1) is 11.3 Å². The molecule has 1 aromatic heterocycles. The van der Waals surface area contributed by atoms with Crippen molar-refractivity contribution >= 4 is 45.0 Å². The molecule has 23 heavy (non-hydrogen) atoms. The minimum absolute atomic E-state index is 0.352. The molecule has 6 heteroatoms. The zero-order valence-electron chi connectivity index (χ0n) is 13.0. The molecule has 0 radical (unpaired) electrons. The average Bonchev–Trinajstić information content (AvgIpc) is 3.04. The van der Waals surface area contributed by atoms with Gasteiger partial charge in [0, 0.05) is 28.0 Å². The summed E-state index contributed by atoms with van der Waals surface area (Å²) in [7, 11) is 0. The van der Waals surface area contributed by atoms with E-state index < -0.39 is 5.97 Å². The lowest BCUT2D eigenvalue weighted by Gasteiger charge is -2.34. The van der Waals surface area contributed by atoms with Crippen molar-refractivity contribution in [1.29, 1.82) is 0 Å². The second kappa shape index (κ2) is 7.17. The lowest BCUT2D eigenvalue weighted by molar-refractivity contribution is 0.0696. The number of hydrogen-bond acceptors (Lipinski definition) is 4. The van der Waals surface area contributed by atoms with Crippen LogP contribution >= 0.6 is 33.9 Å². The minimum atomic E-state index is -0.883. The van der Waals surface area contributed by atoms with E-state index in [0.717, 1.165) is 32.9 Å².